The van der Waals surface area contributed by atoms with Gasteiger partial charge in [-0.3, -0.25) is 4.90 Å². The molecule has 48 heavy (non-hydrogen) atoms. The van der Waals surface area contributed by atoms with Crippen LogP contribution >= 0.6 is 11.9 Å². The lowest BCUT2D eigenvalue weighted by Gasteiger charge is -2.42. The maximum Gasteiger partial charge on any atom is 0.338 e. The van der Waals surface area contributed by atoms with Crippen molar-refractivity contribution in [3.8, 4) is 34.8 Å². The molecule has 2 unspecified atom stereocenters. The number of hydrogen-bond acceptors (Lipinski definition) is 8. The lowest BCUT2D eigenvalue weighted by Crippen LogP contribution is -2.56. The van der Waals surface area contributed by atoms with Crippen molar-refractivity contribution in [2.24, 2.45) is 0 Å². The summed E-state index contributed by atoms with van der Waals surface area (Å²) in [6, 6.07) is 12.4. The molecule has 256 valence electrons. The van der Waals surface area contributed by atoms with Gasteiger partial charge >= 0.3 is 5.91 Å². The van der Waals surface area contributed by atoms with Gasteiger partial charge in [0, 0.05) is 38.8 Å². The first kappa shape index (κ1) is 35.5. The van der Waals surface area contributed by atoms with Crippen LogP contribution < -0.4 is 22.8 Å². The third-order valence-corrected chi connectivity index (χ3v) is 10.7. The van der Waals surface area contributed by atoms with E-state index in [2.05, 4.69) is 21.6 Å². The molecular formula is C37H44F2N3O5S+. The van der Waals surface area contributed by atoms with Crippen LogP contribution in [0.3, 0.4) is 0 Å². The number of methoxy groups -OCH3 is 3. The van der Waals surface area contributed by atoms with Crippen LogP contribution in [0.15, 0.2) is 53.4 Å². The Morgan fingerprint density at radius 1 is 0.875 bits per heavy atom. The fraction of sp³-hybridized carbons (Fsp3) is 0.432. The summed E-state index contributed by atoms with van der Waals surface area (Å²) in [4.78, 5) is 19.4. The molecule has 1 saturated heterocycles. The van der Waals surface area contributed by atoms with Gasteiger partial charge in [-0.15, -0.1) is 0 Å². The molecule has 3 aromatic carbocycles. The molecule has 0 saturated carbocycles. The molecule has 1 fully saturated rings. The average Bonchev–Trinajstić information content (AvgIpc) is 3.09. The van der Waals surface area contributed by atoms with Gasteiger partial charge in [-0.25, -0.2) is 13.6 Å². The third kappa shape index (κ3) is 7.42. The fourth-order valence-corrected chi connectivity index (χ4v) is 7.84. The first-order valence-corrected chi connectivity index (χ1v) is 16.9. The molecule has 0 spiro atoms. The number of amides is 1. The molecule has 0 radical (unpaired) electrons. The second kappa shape index (κ2) is 15.6. The Bertz CT molecular complexity index is 1660. The normalized spacial score (nSPS) is 19.8. The van der Waals surface area contributed by atoms with Crippen LogP contribution in [-0.4, -0.2) is 89.0 Å². The van der Waals surface area contributed by atoms with Crippen molar-refractivity contribution in [2.45, 2.75) is 44.0 Å². The Balaban J connectivity index is 1.18. The standard InChI is InChI=1S/C37H44F2N3O5S/c1-25(2)42(37(43)26(3)30-11-9-29(39)24-35(30)48-42)31-23-28(38)10-12-32(31)47-20-8-7-14-40-16-18-41(19-17-40)15-13-27-21-33(44-4)36(46-6)34(22-27)45-5/h9-12,21-26H,13-20H2,1-6H3/q+1. The van der Waals surface area contributed by atoms with Crippen LogP contribution in [0.5, 0.6) is 23.0 Å². The monoisotopic (exact) mass is 680 g/mol. The zero-order valence-electron chi connectivity index (χ0n) is 28.5. The Hall–Kier alpha value is -3.82. The molecule has 0 bridgehead atoms. The maximum absolute atomic E-state index is 14.7. The predicted octanol–water partition coefficient (Wildman–Crippen LogP) is 6.30. The minimum atomic E-state index is -0.505. The van der Waals surface area contributed by atoms with Gasteiger partial charge in [-0.2, -0.15) is 3.89 Å². The number of carbonyl (C=O) groups is 1. The molecule has 0 N–H and O–H groups in total. The number of nitrogens with zero attached hydrogens (tertiary/aromatic N) is 3. The van der Waals surface area contributed by atoms with Gasteiger partial charge in [0.05, 0.1) is 38.7 Å². The first-order valence-electron chi connectivity index (χ1n) is 16.2. The van der Waals surface area contributed by atoms with Crippen molar-refractivity contribution >= 4 is 23.5 Å². The minimum Gasteiger partial charge on any atom is -0.493 e. The van der Waals surface area contributed by atoms with Crippen LogP contribution in [0.4, 0.5) is 14.5 Å². The summed E-state index contributed by atoms with van der Waals surface area (Å²) in [5.41, 5.74) is 2.29. The summed E-state index contributed by atoms with van der Waals surface area (Å²) in [5, 5.41) is 0. The van der Waals surface area contributed by atoms with Crippen LogP contribution in [0, 0.1) is 23.5 Å². The van der Waals surface area contributed by atoms with Gasteiger partial charge < -0.3 is 23.8 Å². The topological polar surface area (TPSA) is 60.5 Å². The molecule has 2 atom stereocenters. The molecule has 0 aromatic heterocycles. The van der Waals surface area contributed by atoms with Gasteiger partial charge in [0.1, 0.15) is 36.2 Å². The summed E-state index contributed by atoms with van der Waals surface area (Å²) >= 11 is 1.22. The van der Waals surface area contributed by atoms with Crippen LogP contribution in [0.25, 0.3) is 0 Å². The zero-order chi connectivity index (χ0) is 34.4. The molecule has 2 heterocycles. The first-order chi connectivity index (χ1) is 23.1. The van der Waals surface area contributed by atoms with E-state index in [0.29, 0.717) is 40.1 Å². The van der Waals surface area contributed by atoms with Crippen molar-refractivity contribution in [3.63, 3.8) is 0 Å². The number of fused-ring (bicyclic) bond motifs is 1. The second-order valence-corrected chi connectivity index (χ2v) is 13.4. The van der Waals surface area contributed by atoms with E-state index in [1.807, 2.05) is 32.9 Å². The molecule has 1 amide bonds. The largest absolute Gasteiger partial charge is 0.493 e. The van der Waals surface area contributed by atoms with Crippen LogP contribution in [-0.2, 0) is 11.2 Å². The number of ether oxygens (including phenoxy) is 4. The summed E-state index contributed by atoms with van der Waals surface area (Å²) in [7, 11) is 4.85. The van der Waals surface area contributed by atoms with E-state index < -0.39 is 11.7 Å². The molecule has 3 aromatic rings. The second-order valence-electron chi connectivity index (χ2n) is 12.2. The smallest absolute Gasteiger partial charge is 0.338 e. The van der Waals surface area contributed by atoms with E-state index in [0.717, 1.165) is 50.3 Å². The Labute approximate surface area is 286 Å². The fourth-order valence-electron chi connectivity index (χ4n) is 6.31. The van der Waals surface area contributed by atoms with E-state index in [9.17, 15) is 13.6 Å². The quantitative estimate of drug-likeness (QED) is 0.133. The Morgan fingerprint density at radius 2 is 1.52 bits per heavy atom. The lowest BCUT2D eigenvalue weighted by molar-refractivity contribution is -0.128. The van der Waals surface area contributed by atoms with E-state index in [4.69, 9.17) is 18.9 Å². The highest BCUT2D eigenvalue weighted by molar-refractivity contribution is 7.99. The molecular weight excluding hydrogens is 636 g/mol. The number of hydrogen-bond donors (Lipinski definition) is 0. The van der Waals surface area contributed by atoms with Gasteiger partial charge in [-0.05, 0) is 74.7 Å². The minimum absolute atomic E-state index is 0.0884. The summed E-state index contributed by atoms with van der Waals surface area (Å²) in [6.45, 7) is 10.9. The van der Waals surface area contributed by atoms with E-state index in [1.165, 1.54) is 36.2 Å². The van der Waals surface area contributed by atoms with Gasteiger partial charge in [0.15, 0.2) is 22.9 Å². The van der Waals surface area contributed by atoms with E-state index in [1.54, 1.807) is 33.5 Å². The molecule has 5 rings (SSSR count). The van der Waals surface area contributed by atoms with Gasteiger partial charge in [0.2, 0.25) is 5.75 Å². The highest BCUT2D eigenvalue weighted by Crippen LogP contribution is 2.52. The number of rotatable bonds is 11. The number of carbonyl (C=O) groups excluding carboxylic acids is 1. The van der Waals surface area contributed by atoms with Crippen molar-refractivity contribution < 1.29 is 32.5 Å². The number of halogens is 2. The molecule has 2 aliphatic rings. The van der Waals surface area contributed by atoms with E-state index in [-0.39, 0.29) is 28.3 Å². The Morgan fingerprint density at radius 3 is 2.17 bits per heavy atom. The number of quaternary nitrogens is 1. The van der Waals surface area contributed by atoms with Crippen molar-refractivity contribution in [2.75, 3.05) is 67.2 Å². The molecule has 0 aliphatic carbocycles. The van der Waals surface area contributed by atoms with Gasteiger partial charge in [-0.1, -0.05) is 17.9 Å². The summed E-state index contributed by atoms with van der Waals surface area (Å²) < 4.78 is 51.2. The van der Waals surface area contributed by atoms with Crippen LogP contribution in [0.2, 0.25) is 0 Å². The highest BCUT2D eigenvalue weighted by atomic mass is 32.2. The lowest BCUT2D eigenvalue weighted by atomic mass is 9.97. The van der Waals surface area contributed by atoms with Crippen molar-refractivity contribution in [1.29, 1.82) is 0 Å². The van der Waals surface area contributed by atoms with Crippen molar-refractivity contribution in [3.05, 3.63) is 71.3 Å². The van der Waals surface area contributed by atoms with Gasteiger partial charge in [0.25, 0.3) is 0 Å². The molecule has 2 aliphatic heterocycles. The summed E-state index contributed by atoms with van der Waals surface area (Å²) in [5.74, 6) is 7.13. The van der Waals surface area contributed by atoms with Crippen LogP contribution in [0.1, 0.15) is 37.8 Å². The van der Waals surface area contributed by atoms with Crippen molar-refractivity contribution in [1.82, 2.24) is 13.7 Å². The maximum atomic E-state index is 14.7. The predicted molar refractivity (Wildman–Crippen MR) is 185 cm³/mol. The number of piperazine rings is 1. The third-order valence-electron chi connectivity index (χ3n) is 9.02. The van der Waals surface area contributed by atoms with E-state index >= 15 is 0 Å². The zero-order valence-corrected chi connectivity index (χ0v) is 29.3. The Kier molecular flexibility index (Phi) is 11.5. The average molecular weight is 681 g/mol. The SMILES string of the molecule is COc1cc(CCN2CCN(CC#CCOc3ccc(F)cc3[N+]3(C(C)C)Sc4cc(F)ccc4C(C)C3=O)CC2)cc(OC)c1OC. The molecule has 11 heteroatoms. The number of benzene rings is 3. The molecule has 8 nitrogen and oxygen atoms in total. The summed E-state index contributed by atoms with van der Waals surface area (Å²) in [6.07, 6.45) is 0.864. The highest BCUT2D eigenvalue weighted by Gasteiger charge is 2.53.